The number of hydrazine groups is 1. The van der Waals surface area contributed by atoms with Crippen LogP contribution < -0.4 is 16.3 Å². The van der Waals surface area contributed by atoms with E-state index in [0.29, 0.717) is 5.82 Å². The van der Waals surface area contributed by atoms with E-state index in [1.54, 1.807) is 6.20 Å². The molecule has 1 fully saturated rings. The summed E-state index contributed by atoms with van der Waals surface area (Å²) in [6.45, 7) is 5.31. The summed E-state index contributed by atoms with van der Waals surface area (Å²) in [5.74, 6) is 6.31. The van der Waals surface area contributed by atoms with Crippen molar-refractivity contribution in [3.8, 4) is 0 Å². The number of nitrogens with one attached hydrogen (secondary N) is 1. The Morgan fingerprint density at radius 3 is 3.12 bits per heavy atom. The van der Waals surface area contributed by atoms with E-state index in [4.69, 9.17) is 10.6 Å². The lowest BCUT2D eigenvalue weighted by Gasteiger charge is -2.12. The highest BCUT2D eigenvalue weighted by Gasteiger charge is 2.28. The number of aromatic nitrogens is 2. The van der Waals surface area contributed by atoms with Crippen molar-refractivity contribution in [3.63, 3.8) is 0 Å². The Kier molecular flexibility index (Phi) is 3.50. The normalized spacial score (nSPS) is 18.4. The van der Waals surface area contributed by atoms with Crippen LogP contribution in [0.2, 0.25) is 0 Å². The fourth-order valence-corrected chi connectivity index (χ4v) is 1.38. The molecule has 0 saturated carbocycles. The highest BCUT2D eigenvalue weighted by molar-refractivity contribution is 5.74. The molecular formula is C10H16N6O. The Labute approximate surface area is 99.7 Å². The fraction of sp³-hybridized carbons (Fsp3) is 0.500. The van der Waals surface area contributed by atoms with Crippen LogP contribution in [0.1, 0.15) is 24.4 Å². The van der Waals surface area contributed by atoms with Gasteiger partial charge in [0.2, 0.25) is 0 Å². The molecule has 0 aromatic carbocycles. The third-order valence-electron chi connectivity index (χ3n) is 2.31. The van der Waals surface area contributed by atoms with Gasteiger partial charge in [-0.25, -0.2) is 15.8 Å². The maximum Gasteiger partial charge on any atom is 0.167 e. The molecule has 7 heteroatoms. The zero-order valence-electron chi connectivity index (χ0n) is 9.92. The van der Waals surface area contributed by atoms with Gasteiger partial charge in [-0.15, -0.1) is 0 Å². The average Bonchev–Trinajstić information content (AvgIpc) is 3.13. The van der Waals surface area contributed by atoms with Crippen LogP contribution in [0.25, 0.3) is 0 Å². The molecule has 92 valence electrons. The number of rotatable bonds is 5. The maximum atomic E-state index is 5.76. The Morgan fingerprint density at radius 2 is 2.53 bits per heavy atom. The Balaban J connectivity index is 2.08. The lowest BCUT2D eigenvalue weighted by Crippen LogP contribution is -2.31. The summed E-state index contributed by atoms with van der Waals surface area (Å²) in [4.78, 5) is 8.65. The van der Waals surface area contributed by atoms with Crippen LogP contribution >= 0.6 is 0 Å². The fourth-order valence-electron chi connectivity index (χ4n) is 1.38. The van der Waals surface area contributed by atoms with E-state index >= 15 is 0 Å². The molecule has 1 aromatic heterocycles. The van der Waals surface area contributed by atoms with E-state index in [1.807, 2.05) is 13.8 Å². The molecule has 0 amide bonds. The van der Waals surface area contributed by atoms with Crippen LogP contribution in [-0.2, 0) is 4.74 Å². The molecule has 0 bridgehead atoms. The molecule has 7 nitrogen and oxygen atoms in total. The van der Waals surface area contributed by atoms with Crippen molar-refractivity contribution in [2.75, 3.05) is 18.2 Å². The summed E-state index contributed by atoms with van der Waals surface area (Å²) in [7, 11) is 0. The second-order valence-corrected chi connectivity index (χ2v) is 3.68. The minimum Gasteiger partial charge on any atom is -0.366 e. The number of nitrogens with zero attached hydrogens (tertiary/aromatic N) is 4. The smallest absolute Gasteiger partial charge is 0.167 e. The quantitative estimate of drug-likeness (QED) is 0.247. The van der Waals surface area contributed by atoms with Crippen LogP contribution in [0, 0.1) is 6.92 Å². The standard InChI is InChI=1S/C10H16N6O/c1-3-13-14-6-16(11)9-4-12-10(7(2)15-9)8-5-17-8/h4,6,8,13H,3,5,11H2,1-2H3/b14-6-/t8-/m0/s1. The highest BCUT2D eigenvalue weighted by atomic mass is 16.6. The summed E-state index contributed by atoms with van der Waals surface area (Å²) in [6, 6.07) is 0. The molecule has 2 heterocycles. The third-order valence-corrected chi connectivity index (χ3v) is 2.31. The van der Waals surface area contributed by atoms with Crippen molar-refractivity contribution in [1.29, 1.82) is 0 Å². The Morgan fingerprint density at radius 1 is 1.76 bits per heavy atom. The number of hydrazone groups is 1. The minimum atomic E-state index is 0.109. The molecule has 17 heavy (non-hydrogen) atoms. The monoisotopic (exact) mass is 236 g/mol. The number of hydrogen-bond acceptors (Lipinski definition) is 6. The zero-order valence-corrected chi connectivity index (χ0v) is 9.92. The Bertz CT molecular complexity index is 417. The summed E-state index contributed by atoms with van der Waals surface area (Å²) >= 11 is 0. The number of epoxide rings is 1. The summed E-state index contributed by atoms with van der Waals surface area (Å²) in [5, 5.41) is 5.22. The largest absolute Gasteiger partial charge is 0.366 e. The van der Waals surface area contributed by atoms with Crippen molar-refractivity contribution < 1.29 is 4.74 Å². The number of nitrogens with two attached hydrogens (primary N) is 1. The topological polar surface area (TPSA) is 92.0 Å². The molecular weight excluding hydrogens is 220 g/mol. The summed E-state index contributed by atoms with van der Waals surface area (Å²) in [6.07, 6.45) is 3.18. The van der Waals surface area contributed by atoms with E-state index < -0.39 is 0 Å². The highest BCUT2D eigenvalue weighted by Crippen LogP contribution is 2.30. The number of aryl methyl sites for hydroxylation is 1. The first-order valence-corrected chi connectivity index (χ1v) is 5.47. The summed E-state index contributed by atoms with van der Waals surface area (Å²) < 4.78 is 5.17. The van der Waals surface area contributed by atoms with Crippen molar-refractivity contribution >= 4 is 12.2 Å². The lowest BCUT2D eigenvalue weighted by atomic mass is 10.2. The molecule has 0 aliphatic carbocycles. The van der Waals surface area contributed by atoms with Crippen LogP contribution in [0.15, 0.2) is 11.3 Å². The molecule has 3 N–H and O–H groups in total. The molecule has 1 aliphatic heterocycles. The predicted molar refractivity (Wildman–Crippen MR) is 64.3 cm³/mol. The van der Waals surface area contributed by atoms with E-state index in [-0.39, 0.29) is 6.10 Å². The first-order valence-electron chi connectivity index (χ1n) is 5.47. The van der Waals surface area contributed by atoms with Crippen LogP contribution in [0.3, 0.4) is 0 Å². The van der Waals surface area contributed by atoms with Crippen LogP contribution in [0.5, 0.6) is 0 Å². The van der Waals surface area contributed by atoms with E-state index in [9.17, 15) is 0 Å². The first-order chi connectivity index (χ1) is 8.22. The van der Waals surface area contributed by atoms with Gasteiger partial charge in [0.05, 0.1) is 24.2 Å². The van der Waals surface area contributed by atoms with Gasteiger partial charge in [0.15, 0.2) is 5.82 Å². The van der Waals surface area contributed by atoms with E-state index in [2.05, 4.69) is 20.5 Å². The molecule has 0 radical (unpaired) electrons. The third kappa shape index (κ3) is 2.89. The van der Waals surface area contributed by atoms with Gasteiger partial charge < -0.3 is 10.2 Å². The second kappa shape index (κ2) is 5.07. The molecule has 1 atom stereocenters. The van der Waals surface area contributed by atoms with Gasteiger partial charge in [-0.05, 0) is 13.8 Å². The zero-order chi connectivity index (χ0) is 12.3. The lowest BCUT2D eigenvalue weighted by molar-refractivity contribution is 0.410. The predicted octanol–water partition coefficient (Wildman–Crippen LogP) is 0.0892. The van der Waals surface area contributed by atoms with Crippen molar-refractivity contribution in [1.82, 2.24) is 15.4 Å². The summed E-state index contributed by atoms with van der Waals surface area (Å²) in [5.41, 5.74) is 4.49. The van der Waals surface area contributed by atoms with E-state index in [1.165, 1.54) is 11.3 Å². The maximum absolute atomic E-state index is 5.76. The number of hydrogen-bond donors (Lipinski definition) is 2. The molecule has 1 aliphatic rings. The van der Waals surface area contributed by atoms with Crippen molar-refractivity contribution in [3.05, 3.63) is 17.6 Å². The second-order valence-electron chi connectivity index (χ2n) is 3.68. The van der Waals surface area contributed by atoms with Crippen molar-refractivity contribution in [2.24, 2.45) is 10.9 Å². The number of ether oxygens (including phenoxy) is 1. The van der Waals surface area contributed by atoms with Crippen molar-refractivity contribution in [2.45, 2.75) is 20.0 Å². The molecule has 0 unspecified atom stereocenters. The van der Waals surface area contributed by atoms with Gasteiger partial charge in [-0.1, -0.05) is 0 Å². The molecule has 0 spiro atoms. The SMILES string of the molecule is CCN/N=C\N(N)c1cnc([C@@H]2CO2)c(C)n1. The molecule has 1 aromatic rings. The van der Waals surface area contributed by atoms with Crippen LogP contribution in [-0.4, -0.2) is 29.5 Å². The first kappa shape index (κ1) is 11.7. The van der Waals surface area contributed by atoms with Gasteiger partial charge in [0, 0.05) is 6.54 Å². The minimum absolute atomic E-state index is 0.109. The van der Waals surface area contributed by atoms with Gasteiger partial charge in [-0.3, -0.25) is 4.98 Å². The van der Waals surface area contributed by atoms with Gasteiger partial charge in [0.25, 0.3) is 0 Å². The number of anilines is 1. The van der Waals surface area contributed by atoms with E-state index in [0.717, 1.165) is 24.5 Å². The average molecular weight is 236 g/mol. The van der Waals surface area contributed by atoms with Gasteiger partial charge in [-0.2, -0.15) is 5.10 Å². The van der Waals surface area contributed by atoms with Crippen LogP contribution in [0.4, 0.5) is 5.82 Å². The molecule has 1 saturated heterocycles. The molecule has 2 rings (SSSR count). The van der Waals surface area contributed by atoms with Gasteiger partial charge >= 0.3 is 0 Å². The van der Waals surface area contributed by atoms with Gasteiger partial charge in [0.1, 0.15) is 12.4 Å². The Hall–Kier alpha value is -1.73.